The number of urea groups is 1. The summed E-state index contributed by atoms with van der Waals surface area (Å²) in [5.41, 5.74) is 1.35. The van der Waals surface area contributed by atoms with E-state index < -0.39 is 11.9 Å². The molecule has 6 heteroatoms. The molecule has 0 bridgehead atoms. The third-order valence-corrected chi connectivity index (χ3v) is 2.56. The Morgan fingerprint density at radius 3 is 2.65 bits per heavy atom. The molecule has 0 aliphatic carbocycles. The van der Waals surface area contributed by atoms with Gasteiger partial charge in [-0.1, -0.05) is 19.9 Å². The molecule has 0 aliphatic heterocycles. The van der Waals surface area contributed by atoms with Crippen LogP contribution in [0.1, 0.15) is 19.4 Å². The van der Waals surface area contributed by atoms with Crippen molar-refractivity contribution in [3.05, 3.63) is 29.6 Å². The van der Waals surface area contributed by atoms with Crippen LogP contribution in [0.15, 0.2) is 18.2 Å². The van der Waals surface area contributed by atoms with Gasteiger partial charge in [0, 0.05) is 12.2 Å². The van der Waals surface area contributed by atoms with E-state index in [1.165, 1.54) is 12.1 Å². The Morgan fingerprint density at radius 2 is 2.00 bits per heavy atom. The largest absolute Gasteiger partial charge is 0.376 e. The van der Waals surface area contributed by atoms with Gasteiger partial charge < -0.3 is 10.6 Å². The maximum absolute atomic E-state index is 13.1. The zero-order valence-corrected chi connectivity index (χ0v) is 11.9. The van der Waals surface area contributed by atoms with Crippen molar-refractivity contribution in [3.63, 3.8) is 0 Å². The SMILES string of the molecule is Cc1ccc(F)cc1NCC(=O)NC(=O)NCC(C)C. The predicted molar refractivity (Wildman–Crippen MR) is 76.0 cm³/mol. The van der Waals surface area contributed by atoms with Crippen molar-refractivity contribution < 1.29 is 14.0 Å². The Morgan fingerprint density at radius 1 is 1.30 bits per heavy atom. The second kappa shape index (κ2) is 7.47. The number of anilines is 1. The molecule has 0 aromatic heterocycles. The first-order valence-corrected chi connectivity index (χ1v) is 6.46. The van der Waals surface area contributed by atoms with Gasteiger partial charge in [-0.15, -0.1) is 0 Å². The van der Waals surface area contributed by atoms with Crippen LogP contribution in [0.4, 0.5) is 14.9 Å². The van der Waals surface area contributed by atoms with Gasteiger partial charge in [0.1, 0.15) is 5.82 Å². The van der Waals surface area contributed by atoms with Crippen LogP contribution < -0.4 is 16.0 Å². The average Bonchev–Trinajstić information content (AvgIpc) is 2.37. The molecular formula is C14H20FN3O2. The summed E-state index contributed by atoms with van der Waals surface area (Å²) in [7, 11) is 0. The summed E-state index contributed by atoms with van der Waals surface area (Å²) in [5.74, 6) is -0.549. The van der Waals surface area contributed by atoms with E-state index in [1.54, 1.807) is 13.0 Å². The molecule has 0 heterocycles. The number of amides is 3. The molecule has 110 valence electrons. The number of halogens is 1. The van der Waals surface area contributed by atoms with Crippen molar-refractivity contribution >= 4 is 17.6 Å². The molecule has 0 fully saturated rings. The van der Waals surface area contributed by atoms with Crippen LogP contribution in [0.2, 0.25) is 0 Å². The molecule has 1 aromatic carbocycles. The minimum atomic E-state index is -0.526. The third-order valence-electron chi connectivity index (χ3n) is 2.56. The lowest BCUT2D eigenvalue weighted by Gasteiger charge is -2.11. The minimum Gasteiger partial charge on any atom is -0.376 e. The van der Waals surface area contributed by atoms with Crippen LogP contribution in [0, 0.1) is 18.7 Å². The number of carbonyl (C=O) groups is 2. The fraction of sp³-hybridized carbons (Fsp3) is 0.429. The molecule has 0 spiro atoms. The van der Waals surface area contributed by atoms with Gasteiger partial charge >= 0.3 is 6.03 Å². The lowest BCUT2D eigenvalue weighted by Crippen LogP contribution is -2.43. The number of imide groups is 1. The Bertz CT molecular complexity index is 489. The predicted octanol–water partition coefficient (Wildman–Crippen LogP) is 2.03. The highest BCUT2D eigenvalue weighted by Gasteiger charge is 2.08. The van der Waals surface area contributed by atoms with Gasteiger partial charge in [0.15, 0.2) is 0 Å². The summed E-state index contributed by atoms with van der Waals surface area (Å²) in [6.45, 7) is 6.11. The third kappa shape index (κ3) is 5.69. The van der Waals surface area contributed by atoms with E-state index in [0.717, 1.165) is 5.56 Å². The van der Waals surface area contributed by atoms with Gasteiger partial charge in [-0.05, 0) is 30.5 Å². The van der Waals surface area contributed by atoms with Crippen LogP contribution in [0.5, 0.6) is 0 Å². The molecule has 5 nitrogen and oxygen atoms in total. The Balaban J connectivity index is 2.39. The maximum Gasteiger partial charge on any atom is 0.321 e. The van der Waals surface area contributed by atoms with Crippen molar-refractivity contribution in [1.82, 2.24) is 10.6 Å². The van der Waals surface area contributed by atoms with Crippen LogP contribution in [-0.2, 0) is 4.79 Å². The van der Waals surface area contributed by atoms with Crippen LogP contribution >= 0.6 is 0 Å². The molecule has 3 amide bonds. The normalized spacial score (nSPS) is 10.2. The molecule has 0 aliphatic rings. The molecule has 0 saturated carbocycles. The number of aryl methyl sites for hydroxylation is 1. The zero-order valence-electron chi connectivity index (χ0n) is 11.9. The zero-order chi connectivity index (χ0) is 15.1. The van der Waals surface area contributed by atoms with E-state index in [0.29, 0.717) is 18.2 Å². The van der Waals surface area contributed by atoms with Crippen LogP contribution in [-0.4, -0.2) is 25.0 Å². The van der Waals surface area contributed by atoms with E-state index in [9.17, 15) is 14.0 Å². The molecule has 0 unspecified atom stereocenters. The topological polar surface area (TPSA) is 70.2 Å². The van der Waals surface area contributed by atoms with Crippen molar-refractivity contribution in [2.45, 2.75) is 20.8 Å². The fourth-order valence-electron chi connectivity index (χ4n) is 1.47. The monoisotopic (exact) mass is 281 g/mol. The van der Waals surface area contributed by atoms with Crippen LogP contribution in [0.25, 0.3) is 0 Å². The fourth-order valence-corrected chi connectivity index (χ4v) is 1.47. The summed E-state index contributed by atoms with van der Waals surface area (Å²) in [6, 6.07) is 3.74. The lowest BCUT2D eigenvalue weighted by atomic mass is 10.2. The van der Waals surface area contributed by atoms with Gasteiger partial charge in [-0.25, -0.2) is 9.18 Å². The number of hydrogen-bond acceptors (Lipinski definition) is 3. The van der Waals surface area contributed by atoms with E-state index in [-0.39, 0.29) is 12.4 Å². The molecular weight excluding hydrogens is 261 g/mol. The highest BCUT2D eigenvalue weighted by Crippen LogP contribution is 2.15. The minimum absolute atomic E-state index is 0.0978. The van der Waals surface area contributed by atoms with Crippen molar-refractivity contribution in [2.24, 2.45) is 5.92 Å². The standard InChI is InChI=1S/C14H20FN3O2/c1-9(2)7-17-14(20)18-13(19)8-16-12-6-11(15)5-4-10(12)3/h4-6,9,16H,7-8H2,1-3H3,(H2,17,18,19,20). The highest BCUT2D eigenvalue weighted by molar-refractivity contribution is 5.96. The first kappa shape index (κ1) is 15.9. The molecule has 20 heavy (non-hydrogen) atoms. The summed E-state index contributed by atoms with van der Waals surface area (Å²) in [6.07, 6.45) is 0. The molecule has 0 saturated heterocycles. The number of carbonyl (C=O) groups excluding carboxylic acids is 2. The van der Waals surface area contributed by atoms with Gasteiger partial charge in [0.2, 0.25) is 5.91 Å². The first-order chi connectivity index (χ1) is 9.38. The molecule has 1 aromatic rings. The van der Waals surface area contributed by atoms with Crippen LogP contribution in [0.3, 0.4) is 0 Å². The second-order valence-electron chi connectivity index (χ2n) is 4.96. The number of hydrogen-bond donors (Lipinski definition) is 3. The van der Waals surface area contributed by atoms with Gasteiger partial charge in [0.05, 0.1) is 6.54 Å². The van der Waals surface area contributed by atoms with Gasteiger partial charge in [-0.3, -0.25) is 10.1 Å². The van der Waals surface area contributed by atoms with Gasteiger partial charge in [-0.2, -0.15) is 0 Å². The quantitative estimate of drug-likeness (QED) is 0.773. The molecule has 0 radical (unpaired) electrons. The lowest BCUT2D eigenvalue weighted by molar-refractivity contribution is -0.118. The van der Waals surface area contributed by atoms with Gasteiger partial charge in [0.25, 0.3) is 0 Å². The number of rotatable bonds is 5. The summed E-state index contributed by atoms with van der Waals surface area (Å²) >= 11 is 0. The molecule has 0 atom stereocenters. The highest BCUT2D eigenvalue weighted by atomic mass is 19.1. The maximum atomic E-state index is 13.1. The average molecular weight is 281 g/mol. The molecule has 1 rings (SSSR count). The van der Waals surface area contributed by atoms with Crippen molar-refractivity contribution in [3.8, 4) is 0 Å². The Labute approximate surface area is 117 Å². The smallest absolute Gasteiger partial charge is 0.321 e. The molecule has 3 N–H and O–H groups in total. The Kier molecular flexibility index (Phi) is 5.96. The van der Waals surface area contributed by atoms with E-state index in [2.05, 4.69) is 16.0 Å². The summed E-state index contributed by atoms with van der Waals surface area (Å²) in [5, 5.41) is 7.56. The Hall–Kier alpha value is -2.11. The number of nitrogens with one attached hydrogen (secondary N) is 3. The van der Waals surface area contributed by atoms with E-state index in [4.69, 9.17) is 0 Å². The van der Waals surface area contributed by atoms with Crippen molar-refractivity contribution in [2.75, 3.05) is 18.4 Å². The summed E-state index contributed by atoms with van der Waals surface area (Å²) in [4.78, 5) is 22.9. The number of benzene rings is 1. The van der Waals surface area contributed by atoms with Crippen molar-refractivity contribution in [1.29, 1.82) is 0 Å². The van der Waals surface area contributed by atoms with E-state index >= 15 is 0 Å². The second-order valence-corrected chi connectivity index (χ2v) is 4.96. The van der Waals surface area contributed by atoms with E-state index in [1.807, 2.05) is 13.8 Å². The first-order valence-electron chi connectivity index (χ1n) is 6.46. The summed E-state index contributed by atoms with van der Waals surface area (Å²) < 4.78 is 13.1.